The van der Waals surface area contributed by atoms with Crippen molar-refractivity contribution in [1.29, 1.82) is 0 Å². The second-order valence-electron chi connectivity index (χ2n) is 12.7. The van der Waals surface area contributed by atoms with E-state index in [1.54, 1.807) is 17.5 Å². The topological polar surface area (TPSA) is 106 Å². The van der Waals surface area contributed by atoms with Crippen LogP contribution >= 0.6 is 11.3 Å². The first-order valence-corrected chi connectivity index (χ1v) is 17.5. The summed E-state index contributed by atoms with van der Waals surface area (Å²) in [5.74, 6) is 1.63. The van der Waals surface area contributed by atoms with Gasteiger partial charge in [0.25, 0.3) is 0 Å². The maximum Gasteiger partial charge on any atom is 0.157 e. The van der Waals surface area contributed by atoms with Gasteiger partial charge in [0.15, 0.2) is 5.82 Å². The minimum Gasteiger partial charge on any atom is -0.492 e. The fourth-order valence-corrected chi connectivity index (χ4v) is 7.99. The van der Waals surface area contributed by atoms with Gasteiger partial charge in [0, 0.05) is 57.0 Å². The second-order valence-corrected chi connectivity index (χ2v) is 14.0. The van der Waals surface area contributed by atoms with Crippen LogP contribution in [0.25, 0.3) is 11.1 Å². The Morgan fingerprint density at radius 3 is 2.67 bits per heavy atom. The third-order valence-electron chi connectivity index (χ3n) is 9.56. The van der Waals surface area contributed by atoms with E-state index < -0.39 is 0 Å². The molecule has 0 amide bonds. The van der Waals surface area contributed by atoms with Crippen molar-refractivity contribution in [3.05, 3.63) is 122 Å². The Bertz CT molecular complexity index is 1840. The molecule has 1 spiro atoms. The van der Waals surface area contributed by atoms with Gasteiger partial charge in [-0.1, -0.05) is 25.1 Å². The first kappa shape index (κ1) is 30.5. The lowest BCUT2D eigenvalue weighted by molar-refractivity contribution is 0.180. The quantitative estimate of drug-likeness (QED) is 0.167. The number of hydrogen-bond donors (Lipinski definition) is 3. The number of ether oxygens (including phenoxy) is 1. The van der Waals surface area contributed by atoms with E-state index in [1.807, 2.05) is 25.2 Å². The molecule has 1 saturated carbocycles. The number of likely N-dealkylation sites (tertiary alicyclic amines) is 1. The summed E-state index contributed by atoms with van der Waals surface area (Å²) in [6.45, 7) is 10.3. The highest BCUT2D eigenvalue weighted by atomic mass is 32.1. The number of aliphatic imine (C=N–C) groups is 1. The van der Waals surface area contributed by atoms with Gasteiger partial charge >= 0.3 is 0 Å². The third kappa shape index (κ3) is 5.69. The largest absolute Gasteiger partial charge is 0.492 e. The van der Waals surface area contributed by atoms with Crippen molar-refractivity contribution >= 4 is 28.2 Å². The van der Waals surface area contributed by atoms with E-state index >= 15 is 0 Å². The predicted octanol–water partition coefficient (Wildman–Crippen LogP) is 6.88. The summed E-state index contributed by atoms with van der Waals surface area (Å²) in [5.41, 5.74) is 23.2. The van der Waals surface area contributed by atoms with Gasteiger partial charge < -0.3 is 21.2 Å². The van der Waals surface area contributed by atoms with Gasteiger partial charge in [0.1, 0.15) is 18.1 Å². The molecule has 8 heteroatoms. The first-order chi connectivity index (χ1) is 22.4. The Hall–Kier alpha value is -4.14. The third-order valence-corrected chi connectivity index (χ3v) is 10.6. The number of aryl methyl sites for hydroxylation is 1. The van der Waals surface area contributed by atoms with Crippen LogP contribution in [-0.4, -0.2) is 46.8 Å². The molecule has 1 saturated heterocycles. The Kier molecular flexibility index (Phi) is 8.34. The number of fused-ring (bicyclic) bond motifs is 3. The van der Waals surface area contributed by atoms with Gasteiger partial charge in [0.2, 0.25) is 0 Å². The molecule has 7 nitrogen and oxygen atoms in total. The number of rotatable bonds is 10. The average Bonchev–Trinajstić information content (AvgIpc) is 3.40. The smallest absolute Gasteiger partial charge is 0.157 e. The van der Waals surface area contributed by atoms with Crippen LogP contribution in [0.15, 0.2) is 77.3 Å². The minimum atomic E-state index is -0.156. The number of nitrogens with zero attached hydrogens (tertiary/aromatic N) is 3. The lowest BCUT2D eigenvalue weighted by Gasteiger charge is -2.18. The minimum absolute atomic E-state index is 0.156. The van der Waals surface area contributed by atoms with Gasteiger partial charge in [-0.15, -0.1) is 11.3 Å². The maximum atomic E-state index is 6.43. The highest BCUT2D eigenvalue weighted by Gasteiger charge is 2.51. The Morgan fingerprint density at radius 2 is 1.98 bits per heavy atom. The fourth-order valence-electron chi connectivity index (χ4n) is 7.10. The van der Waals surface area contributed by atoms with E-state index in [1.165, 1.54) is 39.3 Å². The lowest BCUT2D eigenvalue weighted by atomic mass is 9.87. The molecule has 5 N–H and O–H groups in total. The van der Waals surface area contributed by atoms with Crippen LogP contribution in [0, 0.1) is 6.92 Å². The number of allylic oxidation sites excluding steroid dienone is 7. The molecule has 3 aromatic rings. The molecule has 2 aromatic heterocycles. The van der Waals surface area contributed by atoms with Crippen molar-refractivity contribution in [1.82, 2.24) is 14.9 Å². The summed E-state index contributed by atoms with van der Waals surface area (Å²) in [6.07, 6.45) is 18.1. The van der Waals surface area contributed by atoms with E-state index in [2.05, 4.69) is 60.1 Å². The van der Waals surface area contributed by atoms with Gasteiger partial charge in [-0.05, 0) is 112 Å². The average molecular weight is 633 g/mol. The molecule has 2 fully saturated rings. The highest BCUT2D eigenvalue weighted by molar-refractivity contribution is 7.13. The standard InChI is InChI=1S/C38H44N6OS/c1-4-8-27(45-20-19-44-17-6-7-18-44)21-25(23-39)29-12-13-31-34(28(29)5-2)36(43-38(31)15-16-38)37-41-32-22-26(40)10-11-30(35(32)42-37)33-14-9-24(3)46-33/h4,8-14,21,23H,5-7,15-20,22,39-40H2,1-3H3,(H,41,42)/b8-4+,25-23+,27-21+. The molecular weight excluding hydrogens is 589 g/mol. The lowest BCUT2D eigenvalue weighted by Crippen LogP contribution is -2.23. The van der Waals surface area contributed by atoms with E-state index in [-0.39, 0.29) is 5.54 Å². The normalized spacial score (nSPS) is 19.2. The summed E-state index contributed by atoms with van der Waals surface area (Å²) in [6, 6.07) is 8.83. The zero-order valence-corrected chi connectivity index (χ0v) is 28.0. The zero-order valence-electron chi connectivity index (χ0n) is 27.2. The number of imidazole rings is 1. The summed E-state index contributed by atoms with van der Waals surface area (Å²) >= 11 is 1.78. The highest BCUT2D eigenvalue weighted by Crippen LogP contribution is 2.56. The van der Waals surface area contributed by atoms with Gasteiger partial charge in [-0.25, -0.2) is 4.98 Å². The molecule has 238 valence electrons. The summed E-state index contributed by atoms with van der Waals surface area (Å²) in [5, 5.41) is 0. The predicted molar refractivity (Wildman–Crippen MR) is 190 cm³/mol. The molecule has 0 radical (unpaired) electrons. The molecule has 4 heterocycles. The van der Waals surface area contributed by atoms with Crippen LogP contribution in [0.2, 0.25) is 0 Å². The summed E-state index contributed by atoms with van der Waals surface area (Å²) in [4.78, 5) is 19.3. The monoisotopic (exact) mass is 632 g/mol. The van der Waals surface area contributed by atoms with Crippen molar-refractivity contribution < 1.29 is 4.74 Å². The van der Waals surface area contributed by atoms with Crippen LogP contribution in [0.4, 0.5) is 0 Å². The van der Waals surface area contributed by atoms with Crippen LogP contribution in [0.1, 0.15) is 88.8 Å². The molecule has 7 rings (SSSR count). The molecule has 1 aromatic carbocycles. The second kappa shape index (κ2) is 12.6. The van der Waals surface area contributed by atoms with E-state index in [4.69, 9.17) is 26.2 Å². The SMILES string of the molecule is C/C=C/C(=C\C(=C/N)c1ccc2c(c1CC)C(c1nc3c([nH]1)CC(N)=CC=C3c1ccc(C)s1)=NC21CC1)OCCN1CCCC1. The number of hydrogen-bond acceptors (Lipinski definition) is 7. The zero-order chi connectivity index (χ0) is 31.8. The van der Waals surface area contributed by atoms with Crippen molar-refractivity contribution in [3.63, 3.8) is 0 Å². The van der Waals surface area contributed by atoms with Gasteiger partial charge in [-0.3, -0.25) is 9.89 Å². The Labute approximate surface area is 276 Å². The van der Waals surface area contributed by atoms with Gasteiger partial charge in [-0.2, -0.15) is 0 Å². The van der Waals surface area contributed by atoms with Crippen molar-refractivity contribution in [2.24, 2.45) is 16.5 Å². The number of aromatic nitrogens is 2. The van der Waals surface area contributed by atoms with E-state index in [9.17, 15) is 0 Å². The number of benzene rings is 1. The van der Waals surface area contributed by atoms with E-state index in [0.29, 0.717) is 13.0 Å². The molecule has 4 aliphatic rings. The molecular formula is C38H44N6OS. The van der Waals surface area contributed by atoms with Crippen LogP contribution in [-0.2, 0) is 23.1 Å². The number of nitrogens with one attached hydrogen (secondary N) is 1. The van der Waals surface area contributed by atoms with Gasteiger partial charge in [0.05, 0.1) is 11.2 Å². The van der Waals surface area contributed by atoms with E-state index in [0.717, 1.165) is 90.0 Å². The maximum absolute atomic E-state index is 6.43. The van der Waals surface area contributed by atoms with Crippen LogP contribution in [0.5, 0.6) is 0 Å². The molecule has 2 aliphatic carbocycles. The van der Waals surface area contributed by atoms with Crippen molar-refractivity contribution in [2.75, 3.05) is 26.2 Å². The number of nitrogens with two attached hydrogens (primary N) is 2. The Balaban J connectivity index is 1.26. The first-order valence-electron chi connectivity index (χ1n) is 16.6. The number of thiophene rings is 1. The number of H-pyrrole nitrogens is 1. The summed E-state index contributed by atoms with van der Waals surface area (Å²) in [7, 11) is 0. The molecule has 0 atom stereocenters. The Morgan fingerprint density at radius 1 is 1.15 bits per heavy atom. The molecule has 46 heavy (non-hydrogen) atoms. The molecule has 0 bridgehead atoms. The molecule has 0 unspecified atom stereocenters. The number of aromatic amines is 1. The van der Waals surface area contributed by atoms with Crippen LogP contribution in [0.3, 0.4) is 0 Å². The molecule has 2 aliphatic heterocycles. The van der Waals surface area contributed by atoms with Crippen LogP contribution < -0.4 is 11.5 Å². The van der Waals surface area contributed by atoms with Crippen molar-refractivity contribution in [2.45, 2.75) is 64.8 Å². The van der Waals surface area contributed by atoms with Crippen molar-refractivity contribution in [3.8, 4) is 0 Å². The fraction of sp³-hybridized carbons (Fsp3) is 0.368. The summed E-state index contributed by atoms with van der Waals surface area (Å²) < 4.78 is 6.29.